The van der Waals surface area contributed by atoms with E-state index < -0.39 is 28.8 Å². The third-order valence-electron chi connectivity index (χ3n) is 3.30. The van der Waals surface area contributed by atoms with Gasteiger partial charge in [0.1, 0.15) is 11.3 Å². The summed E-state index contributed by atoms with van der Waals surface area (Å²) in [6.07, 6.45) is 0. The van der Waals surface area contributed by atoms with Crippen LogP contribution in [-0.2, 0) is 0 Å². The molecule has 0 saturated carbocycles. The highest BCUT2D eigenvalue weighted by Gasteiger charge is 2.33. The maximum Gasteiger partial charge on any atom is 0.339 e. The predicted octanol–water partition coefficient (Wildman–Crippen LogP) is 1.87. The number of carboxylic acids is 1. The van der Waals surface area contributed by atoms with E-state index in [-0.39, 0.29) is 22.3 Å². The number of rotatable bonds is 1. The average molecular weight is 268 g/mol. The molecule has 0 amide bonds. The standard InChI is InChI=1S/C15H8O5/c16-12-7-3-1-2-4-8(7)13(17)11-9(12)5-6-10(14(11)18)15(19)20/h1-6,18H,(H,19,20). The van der Waals surface area contributed by atoms with Crippen LogP contribution in [0.1, 0.15) is 42.2 Å². The number of carbonyl (C=O) groups excluding carboxylic acids is 2. The zero-order valence-corrected chi connectivity index (χ0v) is 10.1. The molecule has 5 heteroatoms. The topological polar surface area (TPSA) is 91.7 Å². The Morgan fingerprint density at radius 2 is 1.45 bits per heavy atom. The lowest BCUT2D eigenvalue weighted by Crippen LogP contribution is -2.21. The molecule has 3 rings (SSSR count). The molecule has 98 valence electrons. The van der Waals surface area contributed by atoms with Crippen molar-refractivity contribution in [3.8, 4) is 5.75 Å². The summed E-state index contributed by atoms with van der Waals surface area (Å²) in [4.78, 5) is 35.6. The van der Waals surface area contributed by atoms with Gasteiger partial charge < -0.3 is 10.2 Å². The van der Waals surface area contributed by atoms with E-state index in [0.717, 1.165) is 6.07 Å². The van der Waals surface area contributed by atoms with E-state index in [9.17, 15) is 19.5 Å². The first-order chi connectivity index (χ1) is 9.52. The van der Waals surface area contributed by atoms with Gasteiger partial charge in [-0.15, -0.1) is 0 Å². The van der Waals surface area contributed by atoms with Gasteiger partial charge in [0.15, 0.2) is 11.6 Å². The second-order valence-corrected chi connectivity index (χ2v) is 4.39. The minimum absolute atomic E-state index is 0.0243. The summed E-state index contributed by atoms with van der Waals surface area (Å²) in [5.41, 5.74) is -0.190. The highest BCUT2D eigenvalue weighted by molar-refractivity contribution is 6.29. The summed E-state index contributed by atoms with van der Waals surface area (Å²) in [5.74, 6) is -2.97. The lowest BCUT2D eigenvalue weighted by atomic mass is 9.82. The van der Waals surface area contributed by atoms with Crippen LogP contribution >= 0.6 is 0 Å². The maximum absolute atomic E-state index is 12.3. The van der Waals surface area contributed by atoms with Gasteiger partial charge in [-0.2, -0.15) is 0 Å². The van der Waals surface area contributed by atoms with Crippen molar-refractivity contribution in [3.05, 3.63) is 64.2 Å². The molecule has 0 aromatic heterocycles. The van der Waals surface area contributed by atoms with Crippen LogP contribution < -0.4 is 0 Å². The molecule has 0 heterocycles. The molecule has 1 aliphatic carbocycles. The lowest BCUT2D eigenvalue weighted by molar-refractivity contribution is 0.0693. The van der Waals surface area contributed by atoms with E-state index >= 15 is 0 Å². The molecule has 2 aromatic carbocycles. The van der Waals surface area contributed by atoms with Crippen LogP contribution in [0.2, 0.25) is 0 Å². The van der Waals surface area contributed by atoms with Crippen LogP contribution in [0.5, 0.6) is 5.75 Å². The van der Waals surface area contributed by atoms with Crippen molar-refractivity contribution in [2.75, 3.05) is 0 Å². The number of carboxylic acid groups (broad SMARTS) is 1. The summed E-state index contributed by atoms with van der Waals surface area (Å²) in [6, 6.07) is 8.63. The lowest BCUT2D eigenvalue weighted by Gasteiger charge is -2.18. The Kier molecular flexibility index (Phi) is 2.44. The first-order valence-corrected chi connectivity index (χ1v) is 5.80. The molecule has 20 heavy (non-hydrogen) atoms. The van der Waals surface area contributed by atoms with Gasteiger partial charge in [-0.3, -0.25) is 9.59 Å². The predicted molar refractivity (Wildman–Crippen MR) is 68.4 cm³/mol. The van der Waals surface area contributed by atoms with Crippen molar-refractivity contribution in [3.63, 3.8) is 0 Å². The number of carbonyl (C=O) groups is 3. The summed E-state index contributed by atoms with van der Waals surface area (Å²) in [6.45, 7) is 0. The van der Waals surface area contributed by atoms with Crippen LogP contribution in [-0.4, -0.2) is 27.7 Å². The van der Waals surface area contributed by atoms with Crippen molar-refractivity contribution in [2.24, 2.45) is 0 Å². The van der Waals surface area contributed by atoms with Crippen molar-refractivity contribution in [1.29, 1.82) is 0 Å². The van der Waals surface area contributed by atoms with Crippen LogP contribution in [0, 0.1) is 0 Å². The number of phenols is 1. The highest BCUT2D eigenvalue weighted by Crippen LogP contribution is 2.34. The Morgan fingerprint density at radius 1 is 0.850 bits per heavy atom. The van der Waals surface area contributed by atoms with E-state index in [1.165, 1.54) is 18.2 Å². The molecule has 0 bridgehead atoms. The van der Waals surface area contributed by atoms with E-state index in [1.807, 2.05) is 0 Å². The number of ketones is 2. The van der Waals surface area contributed by atoms with Crippen LogP contribution in [0.25, 0.3) is 0 Å². The van der Waals surface area contributed by atoms with Crippen molar-refractivity contribution in [1.82, 2.24) is 0 Å². The summed E-state index contributed by atoms with van der Waals surface area (Å²) in [7, 11) is 0. The fourth-order valence-electron chi connectivity index (χ4n) is 2.34. The van der Waals surface area contributed by atoms with Gasteiger partial charge in [0, 0.05) is 16.7 Å². The molecule has 5 nitrogen and oxygen atoms in total. The van der Waals surface area contributed by atoms with Gasteiger partial charge in [-0.25, -0.2) is 4.79 Å². The summed E-state index contributed by atoms with van der Waals surface area (Å²) in [5, 5.41) is 18.9. The molecule has 0 unspecified atom stereocenters. The maximum atomic E-state index is 12.3. The van der Waals surface area contributed by atoms with E-state index in [1.54, 1.807) is 12.1 Å². The van der Waals surface area contributed by atoms with Crippen molar-refractivity contribution >= 4 is 17.5 Å². The van der Waals surface area contributed by atoms with Gasteiger partial charge in [0.25, 0.3) is 0 Å². The molecule has 2 N–H and O–H groups in total. The van der Waals surface area contributed by atoms with Crippen LogP contribution in [0.15, 0.2) is 36.4 Å². The molecular weight excluding hydrogens is 260 g/mol. The molecule has 0 aliphatic heterocycles. The number of fused-ring (bicyclic) bond motifs is 2. The quantitative estimate of drug-likeness (QED) is 0.702. The molecule has 1 aliphatic rings. The smallest absolute Gasteiger partial charge is 0.339 e. The fourth-order valence-corrected chi connectivity index (χ4v) is 2.34. The second-order valence-electron chi connectivity index (χ2n) is 4.39. The van der Waals surface area contributed by atoms with Crippen molar-refractivity contribution < 1.29 is 24.6 Å². The van der Waals surface area contributed by atoms with E-state index in [2.05, 4.69) is 0 Å². The summed E-state index contributed by atoms with van der Waals surface area (Å²) < 4.78 is 0. The number of hydrogen-bond donors (Lipinski definition) is 2. The Bertz CT molecular complexity index is 789. The first-order valence-electron chi connectivity index (χ1n) is 5.80. The summed E-state index contributed by atoms with van der Waals surface area (Å²) >= 11 is 0. The Labute approximate surface area is 113 Å². The van der Waals surface area contributed by atoms with Crippen LogP contribution in [0.4, 0.5) is 0 Å². The van der Waals surface area contributed by atoms with Gasteiger partial charge in [0.05, 0.1) is 5.56 Å². The van der Waals surface area contributed by atoms with Gasteiger partial charge >= 0.3 is 5.97 Å². The average Bonchev–Trinajstić information content (AvgIpc) is 2.44. The Balaban J connectivity index is 2.34. The van der Waals surface area contributed by atoms with Gasteiger partial charge in [-0.05, 0) is 12.1 Å². The van der Waals surface area contributed by atoms with Crippen molar-refractivity contribution in [2.45, 2.75) is 0 Å². The second kappa shape index (κ2) is 4.03. The zero-order chi connectivity index (χ0) is 14.4. The fraction of sp³-hybridized carbons (Fsp3) is 0. The van der Waals surface area contributed by atoms with E-state index in [4.69, 9.17) is 5.11 Å². The minimum atomic E-state index is -1.36. The molecule has 0 atom stereocenters. The molecule has 0 saturated heterocycles. The highest BCUT2D eigenvalue weighted by atomic mass is 16.4. The van der Waals surface area contributed by atoms with Gasteiger partial charge in [0.2, 0.25) is 0 Å². The first kappa shape index (κ1) is 12.1. The third kappa shape index (κ3) is 1.46. The molecule has 0 fully saturated rings. The minimum Gasteiger partial charge on any atom is -0.506 e. The number of aromatic carboxylic acids is 1. The SMILES string of the molecule is O=C(O)c1ccc2c(c1O)C(=O)c1ccccc1C2=O. The molecule has 0 radical (unpaired) electrons. The van der Waals surface area contributed by atoms with Crippen LogP contribution in [0.3, 0.4) is 0 Å². The van der Waals surface area contributed by atoms with E-state index in [0.29, 0.717) is 0 Å². The molecule has 0 spiro atoms. The number of hydrogen-bond acceptors (Lipinski definition) is 4. The normalized spacial score (nSPS) is 12.8. The third-order valence-corrected chi connectivity index (χ3v) is 3.30. The van der Waals surface area contributed by atoms with Gasteiger partial charge in [-0.1, -0.05) is 24.3 Å². The Hall–Kier alpha value is -2.95. The monoisotopic (exact) mass is 268 g/mol. The largest absolute Gasteiger partial charge is 0.506 e. The molecular formula is C15H8O5. The Morgan fingerprint density at radius 3 is 2.05 bits per heavy atom. The zero-order valence-electron chi connectivity index (χ0n) is 10.1. The molecule has 2 aromatic rings. The number of benzene rings is 2. The number of aromatic hydroxyl groups is 1.